The highest BCUT2D eigenvalue weighted by Gasteiger charge is 2.20. The number of methoxy groups -OCH3 is 1. The lowest BCUT2D eigenvalue weighted by atomic mass is 10.1. The summed E-state index contributed by atoms with van der Waals surface area (Å²) in [5.74, 6) is -0.516. The molecular weight excluding hydrogens is 389 g/mol. The Labute approximate surface area is 170 Å². The number of hydrogen-bond donors (Lipinski definition) is 1. The summed E-state index contributed by atoms with van der Waals surface area (Å²) in [7, 11) is 1.51. The van der Waals surface area contributed by atoms with E-state index in [1.54, 1.807) is 24.3 Å². The first-order valence-electron chi connectivity index (χ1n) is 8.72. The van der Waals surface area contributed by atoms with Crippen LogP contribution < -0.4 is 15.7 Å². The Hall–Kier alpha value is -4.32. The van der Waals surface area contributed by atoms with Gasteiger partial charge in [-0.2, -0.15) is 20.1 Å². The Morgan fingerprint density at radius 3 is 2.50 bits per heavy atom. The summed E-state index contributed by atoms with van der Waals surface area (Å²) in [5, 5.41) is 17.3. The third-order valence-corrected chi connectivity index (χ3v) is 4.23. The topological polar surface area (TPSA) is 109 Å². The first-order chi connectivity index (χ1) is 14.4. The smallest absolute Gasteiger partial charge is 0.292 e. The minimum atomic E-state index is -0.704. The Morgan fingerprint density at radius 1 is 1.23 bits per heavy atom. The lowest BCUT2D eigenvalue weighted by Gasteiger charge is -2.11. The second-order valence-electron chi connectivity index (χ2n) is 6.13. The SMILES string of the molecule is COc1ccc(-n2nc(C(=O)N/N=C/c3ccc(F)cc3)c(C)c(C#N)c2=O)cc1. The molecule has 0 fully saturated rings. The summed E-state index contributed by atoms with van der Waals surface area (Å²) in [6.45, 7) is 1.46. The summed E-state index contributed by atoms with van der Waals surface area (Å²) in [6, 6.07) is 13.8. The number of nitrogens with zero attached hydrogens (tertiary/aromatic N) is 4. The third-order valence-electron chi connectivity index (χ3n) is 4.23. The van der Waals surface area contributed by atoms with Crippen LogP contribution in [-0.4, -0.2) is 29.0 Å². The zero-order valence-corrected chi connectivity index (χ0v) is 16.1. The zero-order chi connectivity index (χ0) is 21.7. The quantitative estimate of drug-likeness (QED) is 0.518. The molecule has 0 spiro atoms. The highest BCUT2D eigenvalue weighted by Crippen LogP contribution is 2.15. The van der Waals surface area contributed by atoms with Crippen molar-refractivity contribution in [3.63, 3.8) is 0 Å². The molecule has 0 saturated carbocycles. The van der Waals surface area contributed by atoms with Gasteiger partial charge in [-0.15, -0.1) is 0 Å². The van der Waals surface area contributed by atoms with E-state index < -0.39 is 11.5 Å². The fourth-order valence-corrected chi connectivity index (χ4v) is 2.62. The zero-order valence-electron chi connectivity index (χ0n) is 16.1. The summed E-state index contributed by atoms with van der Waals surface area (Å²) in [6.07, 6.45) is 1.33. The van der Waals surface area contributed by atoms with Crippen LogP contribution in [0, 0.1) is 24.1 Å². The number of carbonyl (C=O) groups is 1. The predicted molar refractivity (Wildman–Crippen MR) is 107 cm³/mol. The molecule has 3 aromatic rings. The number of aromatic nitrogens is 2. The average Bonchev–Trinajstić information content (AvgIpc) is 2.75. The Bertz CT molecular complexity index is 1210. The number of hydrogen-bond acceptors (Lipinski definition) is 6. The van der Waals surface area contributed by atoms with Crippen LogP contribution in [0.2, 0.25) is 0 Å². The molecule has 3 rings (SSSR count). The van der Waals surface area contributed by atoms with Gasteiger partial charge >= 0.3 is 0 Å². The lowest BCUT2D eigenvalue weighted by molar-refractivity contribution is 0.0947. The van der Waals surface area contributed by atoms with E-state index in [4.69, 9.17) is 4.74 Å². The van der Waals surface area contributed by atoms with Gasteiger partial charge in [0.2, 0.25) is 0 Å². The van der Waals surface area contributed by atoms with Crippen molar-refractivity contribution in [3.05, 3.63) is 87.1 Å². The highest BCUT2D eigenvalue weighted by atomic mass is 19.1. The van der Waals surface area contributed by atoms with Crippen LogP contribution in [0.5, 0.6) is 5.75 Å². The minimum Gasteiger partial charge on any atom is -0.497 e. The maximum absolute atomic E-state index is 12.9. The van der Waals surface area contributed by atoms with Gasteiger partial charge in [-0.05, 0) is 48.9 Å². The average molecular weight is 405 g/mol. The van der Waals surface area contributed by atoms with Crippen LogP contribution in [-0.2, 0) is 0 Å². The van der Waals surface area contributed by atoms with Crippen LogP contribution in [0.3, 0.4) is 0 Å². The van der Waals surface area contributed by atoms with Gasteiger partial charge < -0.3 is 4.74 Å². The van der Waals surface area contributed by atoms with Gasteiger partial charge in [0.05, 0.1) is 19.0 Å². The maximum atomic E-state index is 12.9. The second kappa shape index (κ2) is 8.79. The summed E-state index contributed by atoms with van der Waals surface area (Å²) >= 11 is 0. The number of amides is 1. The lowest BCUT2D eigenvalue weighted by Crippen LogP contribution is -2.31. The molecular formula is C21H16FN5O3. The van der Waals surface area contributed by atoms with Gasteiger partial charge in [-0.3, -0.25) is 9.59 Å². The van der Waals surface area contributed by atoms with E-state index in [9.17, 15) is 19.2 Å². The number of rotatable bonds is 5. The molecule has 0 bridgehead atoms. The first-order valence-corrected chi connectivity index (χ1v) is 8.72. The highest BCUT2D eigenvalue weighted by molar-refractivity contribution is 5.94. The van der Waals surface area contributed by atoms with Crippen molar-refractivity contribution in [1.29, 1.82) is 5.26 Å². The molecule has 1 heterocycles. The molecule has 9 heteroatoms. The number of halogens is 1. The molecule has 1 amide bonds. The molecule has 0 aliphatic heterocycles. The van der Waals surface area contributed by atoms with Gasteiger partial charge in [-0.1, -0.05) is 12.1 Å². The number of hydrazone groups is 1. The normalized spacial score (nSPS) is 10.6. The van der Waals surface area contributed by atoms with Crippen molar-refractivity contribution < 1.29 is 13.9 Å². The number of carbonyl (C=O) groups excluding carboxylic acids is 1. The molecule has 0 aliphatic carbocycles. The van der Waals surface area contributed by atoms with Crippen LogP contribution >= 0.6 is 0 Å². The molecule has 30 heavy (non-hydrogen) atoms. The van der Waals surface area contributed by atoms with Crippen molar-refractivity contribution in [3.8, 4) is 17.5 Å². The van der Waals surface area contributed by atoms with Crippen molar-refractivity contribution in [2.75, 3.05) is 7.11 Å². The van der Waals surface area contributed by atoms with E-state index in [-0.39, 0.29) is 22.6 Å². The number of nitriles is 1. The van der Waals surface area contributed by atoms with E-state index in [1.807, 2.05) is 6.07 Å². The number of ether oxygens (including phenoxy) is 1. The van der Waals surface area contributed by atoms with Crippen LogP contribution in [0.4, 0.5) is 4.39 Å². The van der Waals surface area contributed by atoms with Crippen molar-refractivity contribution >= 4 is 12.1 Å². The van der Waals surface area contributed by atoms with E-state index >= 15 is 0 Å². The van der Waals surface area contributed by atoms with E-state index in [0.717, 1.165) is 4.68 Å². The molecule has 0 aliphatic rings. The number of nitrogens with one attached hydrogen (secondary N) is 1. The van der Waals surface area contributed by atoms with Gasteiger partial charge in [0.25, 0.3) is 11.5 Å². The predicted octanol–water partition coefficient (Wildman–Crippen LogP) is 2.32. The van der Waals surface area contributed by atoms with Gasteiger partial charge in [0.15, 0.2) is 5.69 Å². The first kappa shape index (κ1) is 20.4. The number of benzene rings is 2. The van der Waals surface area contributed by atoms with E-state index in [0.29, 0.717) is 17.0 Å². The van der Waals surface area contributed by atoms with Crippen LogP contribution in [0.15, 0.2) is 58.4 Å². The molecule has 8 nitrogen and oxygen atoms in total. The molecule has 0 atom stereocenters. The molecule has 1 N–H and O–H groups in total. The van der Waals surface area contributed by atoms with Crippen LogP contribution in [0.1, 0.15) is 27.2 Å². The van der Waals surface area contributed by atoms with Gasteiger partial charge in [0, 0.05) is 5.56 Å². The molecule has 1 aromatic heterocycles. The fraction of sp³-hybridized carbons (Fsp3) is 0.0952. The third kappa shape index (κ3) is 4.23. The van der Waals surface area contributed by atoms with Crippen molar-refractivity contribution in [2.24, 2.45) is 5.10 Å². The monoisotopic (exact) mass is 405 g/mol. The van der Waals surface area contributed by atoms with E-state index in [1.165, 1.54) is 44.5 Å². The van der Waals surface area contributed by atoms with Gasteiger partial charge in [-0.25, -0.2) is 9.82 Å². The maximum Gasteiger partial charge on any atom is 0.292 e. The van der Waals surface area contributed by atoms with Gasteiger partial charge in [0.1, 0.15) is 23.2 Å². The summed E-state index contributed by atoms with van der Waals surface area (Å²) in [4.78, 5) is 25.2. The second-order valence-corrected chi connectivity index (χ2v) is 6.13. The Kier molecular flexibility index (Phi) is 5.98. The Morgan fingerprint density at radius 2 is 1.90 bits per heavy atom. The summed E-state index contributed by atoms with van der Waals surface area (Å²) < 4.78 is 19.0. The standard InChI is InChI=1S/C21H16FN5O3/c1-13-18(11-23)21(29)27(16-7-9-17(30-2)10-8-16)26-19(13)20(28)25-24-12-14-3-5-15(22)6-4-14/h3-10,12H,1-2H3,(H,25,28)/b24-12+. The Balaban J connectivity index is 1.95. The molecule has 0 unspecified atom stereocenters. The fourth-order valence-electron chi connectivity index (χ4n) is 2.62. The van der Waals surface area contributed by atoms with Crippen LogP contribution in [0.25, 0.3) is 5.69 Å². The molecule has 0 saturated heterocycles. The largest absolute Gasteiger partial charge is 0.497 e. The van der Waals surface area contributed by atoms with Crippen molar-refractivity contribution in [1.82, 2.24) is 15.2 Å². The molecule has 2 aromatic carbocycles. The minimum absolute atomic E-state index is 0.127. The van der Waals surface area contributed by atoms with E-state index in [2.05, 4.69) is 15.6 Å². The molecule has 0 radical (unpaired) electrons. The van der Waals surface area contributed by atoms with Crippen molar-refractivity contribution in [2.45, 2.75) is 6.92 Å². The molecule has 150 valence electrons. The summed E-state index contributed by atoms with van der Waals surface area (Å²) in [5.41, 5.74) is 2.40.